The molecule has 0 fully saturated rings. The van der Waals surface area contributed by atoms with Gasteiger partial charge in [-0.15, -0.1) is 0 Å². The van der Waals surface area contributed by atoms with Gasteiger partial charge in [-0.1, -0.05) is 6.07 Å². The number of aldehydes is 1. The molecule has 1 aromatic carbocycles. The smallest absolute Gasteiger partial charge is 0.269 e. The van der Waals surface area contributed by atoms with Crippen molar-refractivity contribution >= 4 is 17.6 Å². The fraction of sp³-hybridized carbons (Fsp3) is 0. The lowest BCUT2D eigenvalue weighted by molar-refractivity contribution is -0.384. The van der Waals surface area contributed by atoms with Gasteiger partial charge >= 0.3 is 0 Å². The molecule has 0 aliphatic carbocycles. The van der Waals surface area contributed by atoms with E-state index in [-0.39, 0.29) is 5.69 Å². The summed E-state index contributed by atoms with van der Waals surface area (Å²) in [6, 6.07) is 11.4. The standard InChI is InChI=1S/C14H9N3O3/c18-9-12-14(15-13-3-1-2-8-16(12)13)10-4-6-11(7-5-10)17(19)20/h1-9H. The van der Waals surface area contributed by atoms with Crippen LogP contribution in [0, 0.1) is 10.1 Å². The van der Waals surface area contributed by atoms with E-state index in [1.807, 2.05) is 6.07 Å². The van der Waals surface area contributed by atoms with Crippen LogP contribution in [0.5, 0.6) is 0 Å². The van der Waals surface area contributed by atoms with Gasteiger partial charge in [0, 0.05) is 23.9 Å². The maximum Gasteiger partial charge on any atom is 0.269 e. The number of benzene rings is 1. The number of rotatable bonds is 3. The van der Waals surface area contributed by atoms with Crippen LogP contribution in [0.1, 0.15) is 10.5 Å². The Hall–Kier alpha value is -3.02. The van der Waals surface area contributed by atoms with Crippen molar-refractivity contribution in [2.24, 2.45) is 0 Å². The van der Waals surface area contributed by atoms with Crippen molar-refractivity contribution in [2.45, 2.75) is 0 Å². The van der Waals surface area contributed by atoms with E-state index >= 15 is 0 Å². The Bertz CT molecular complexity index is 806. The van der Waals surface area contributed by atoms with Crippen LogP contribution in [-0.4, -0.2) is 20.6 Å². The summed E-state index contributed by atoms with van der Waals surface area (Å²) in [6.45, 7) is 0. The monoisotopic (exact) mass is 267 g/mol. The summed E-state index contributed by atoms with van der Waals surface area (Å²) in [5.74, 6) is 0. The molecule has 6 nitrogen and oxygen atoms in total. The van der Waals surface area contributed by atoms with E-state index in [1.165, 1.54) is 12.1 Å². The predicted octanol–water partition coefficient (Wildman–Crippen LogP) is 2.72. The molecule has 0 saturated carbocycles. The van der Waals surface area contributed by atoms with Crippen LogP contribution in [-0.2, 0) is 0 Å². The minimum absolute atomic E-state index is 0.00478. The van der Waals surface area contributed by atoms with Gasteiger partial charge in [0.05, 0.1) is 4.92 Å². The lowest BCUT2D eigenvalue weighted by Gasteiger charge is -1.98. The second-order valence-electron chi connectivity index (χ2n) is 4.20. The van der Waals surface area contributed by atoms with Crippen molar-refractivity contribution in [3.63, 3.8) is 0 Å². The first-order chi connectivity index (χ1) is 9.70. The quantitative estimate of drug-likeness (QED) is 0.415. The highest BCUT2D eigenvalue weighted by Crippen LogP contribution is 2.25. The molecule has 0 aliphatic heterocycles. The minimum atomic E-state index is -0.464. The number of nitrogens with zero attached hydrogens (tertiary/aromatic N) is 3. The average molecular weight is 267 g/mol. The summed E-state index contributed by atoms with van der Waals surface area (Å²) in [7, 11) is 0. The van der Waals surface area contributed by atoms with E-state index in [1.54, 1.807) is 34.9 Å². The van der Waals surface area contributed by atoms with E-state index in [0.717, 1.165) is 6.29 Å². The van der Waals surface area contributed by atoms with Crippen molar-refractivity contribution in [3.8, 4) is 11.3 Å². The molecule has 3 rings (SSSR count). The molecule has 0 unspecified atom stereocenters. The van der Waals surface area contributed by atoms with Gasteiger partial charge in [0.1, 0.15) is 17.0 Å². The molecular weight excluding hydrogens is 258 g/mol. The maximum atomic E-state index is 11.3. The molecule has 0 atom stereocenters. The van der Waals surface area contributed by atoms with Crippen molar-refractivity contribution in [1.29, 1.82) is 0 Å². The normalized spacial score (nSPS) is 10.6. The average Bonchev–Trinajstić information content (AvgIpc) is 2.85. The molecule has 0 amide bonds. The number of non-ortho nitro benzene ring substituents is 1. The van der Waals surface area contributed by atoms with E-state index in [4.69, 9.17) is 0 Å². The highest BCUT2D eigenvalue weighted by atomic mass is 16.6. The van der Waals surface area contributed by atoms with Crippen molar-refractivity contribution < 1.29 is 9.72 Å². The first-order valence-corrected chi connectivity index (χ1v) is 5.88. The summed E-state index contributed by atoms with van der Waals surface area (Å²) < 4.78 is 1.68. The minimum Gasteiger partial charge on any atom is -0.297 e. The second kappa shape index (κ2) is 4.58. The topological polar surface area (TPSA) is 77.5 Å². The third kappa shape index (κ3) is 1.83. The lowest BCUT2D eigenvalue weighted by Crippen LogP contribution is -1.92. The summed E-state index contributed by atoms with van der Waals surface area (Å²) >= 11 is 0. The van der Waals surface area contributed by atoms with Crippen LogP contribution < -0.4 is 0 Å². The van der Waals surface area contributed by atoms with E-state index in [2.05, 4.69) is 4.98 Å². The van der Waals surface area contributed by atoms with Gasteiger partial charge < -0.3 is 0 Å². The second-order valence-corrected chi connectivity index (χ2v) is 4.20. The number of nitro benzene ring substituents is 1. The number of carbonyl (C=O) groups is 1. The van der Waals surface area contributed by atoms with Gasteiger partial charge in [0.2, 0.25) is 0 Å². The van der Waals surface area contributed by atoms with Crippen LogP contribution in [0.15, 0.2) is 48.7 Å². The fourth-order valence-corrected chi connectivity index (χ4v) is 2.08. The zero-order valence-corrected chi connectivity index (χ0v) is 10.3. The van der Waals surface area contributed by atoms with Crippen LogP contribution in [0.3, 0.4) is 0 Å². The SMILES string of the molecule is O=Cc1c(-c2ccc([N+](=O)[O-])cc2)nc2ccccn12. The third-order valence-corrected chi connectivity index (χ3v) is 3.03. The van der Waals surface area contributed by atoms with E-state index in [9.17, 15) is 14.9 Å². The molecule has 2 aromatic heterocycles. The van der Waals surface area contributed by atoms with Crippen molar-refractivity contribution in [1.82, 2.24) is 9.38 Å². The van der Waals surface area contributed by atoms with Crippen LogP contribution in [0.4, 0.5) is 5.69 Å². The number of pyridine rings is 1. The zero-order valence-electron chi connectivity index (χ0n) is 10.3. The van der Waals surface area contributed by atoms with Gasteiger partial charge in [0.15, 0.2) is 6.29 Å². The Balaban J connectivity index is 2.18. The molecule has 0 aliphatic rings. The van der Waals surface area contributed by atoms with Crippen LogP contribution in [0.2, 0.25) is 0 Å². The third-order valence-electron chi connectivity index (χ3n) is 3.03. The molecule has 20 heavy (non-hydrogen) atoms. The molecule has 2 heterocycles. The fourth-order valence-electron chi connectivity index (χ4n) is 2.08. The molecule has 98 valence electrons. The van der Waals surface area contributed by atoms with Gasteiger partial charge in [-0.05, 0) is 24.3 Å². The first kappa shape index (κ1) is 12.0. The zero-order chi connectivity index (χ0) is 14.1. The summed E-state index contributed by atoms with van der Waals surface area (Å²) in [4.78, 5) is 25.9. The molecule has 0 N–H and O–H groups in total. The molecule has 6 heteroatoms. The number of fused-ring (bicyclic) bond motifs is 1. The van der Waals surface area contributed by atoms with Crippen molar-refractivity contribution in [2.75, 3.05) is 0 Å². The predicted molar refractivity (Wildman–Crippen MR) is 72.7 cm³/mol. The molecule has 3 aromatic rings. The number of hydrogen-bond acceptors (Lipinski definition) is 4. The van der Waals surface area contributed by atoms with Crippen LogP contribution >= 0.6 is 0 Å². The molecule has 0 radical (unpaired) electrons. The van der Waals surface area contributed by atoms with Gasteiger partial charge in [0.25, 0.3) is 5.69 Å². The Morgan fingerprint density at radius 2 is 1.90 bits per heavy atom. The highest BCUT2D eigenvalue weighted by Gasteiger charge is 2.14. The molecule has 0 spiro atoms. The Labute approximate surface area is 113 Å². The Morgan fingerprint density at radius 1 is 1.15 bits per heavy atom. The molecule has 0 bridgehead atoms. The number of imidazole rings is 1. The Morgan fingerprint density at radius 3 is 2.55 bits per heavy atom. The molecular formula is C14H9N3O3. The van der Waals surface area contributed by atoms with Gasteiger partial charge in [-0.3, -0.25) is 19.3 Å². The summed E-state index contributed by atoms with van der Waals surface area (Å²) in [5, 5.41) is 10.6. The van der Waals surface area contributed by atoms with E-state index < -0.39 is 4.92 Å². The molecule has 0 saturated heterocycles. The number of aromatic nitrogens is 2. The number of nitro groups is 1. The summed E-state index contributed by atoms with van der Waals surface area (Å²) in [6.07, 6.45) is 2.48. The van der Waals surface area contributed by atoms with Crippen molar-refractivity contribution in [3.05, 3.63) is 64.5 Å². The van der Waals surface area contributed by atoms with Gasteiger partial charge in [-0.25, -0.2) is 4.98 Å². The largest absolute Gasteiger partial charge is 0.297 e. The van der Waals surface area contributed by atoms with E-state index in [0.29, 0.717) is 22.6 Å². The number of carbonyl (C=O) groups excluding carboxylic acids is 1. The van der Waals surface area contributed by atoms with Gasteiger partial charge in [-0.2, -0.15) is 0 Å². The lowest BCUT2D eigenvalue weighted by atomic mass is 10.1. The van der Waals surface area contributed by atoms with Crippen LogP contribution in [0.25, 0.3) is 16.9 Å². The highest BCUT2D eigenvalue weighted by molar-refractivity contribution is 5.86. The summed E-state index contributed by atoms with van der Waals surface area (Å²) in [5.41, 5.74) is 2.27. The first-order valence-electron chi connectivity index (χ1n) is 5.88. The number of hydrogen-bond donors (Lipinski definition) is 0. The Kier molecular flexibility index (Phi) is 2.76. The maximum absolute atomic E-state index is 11.3.